The van der Waals surface area contributed by atoms with Crippen molar-refractivity contribution in [1.29, 1.82) is 0 Å². The maximum atomic E-state index is 11.8. The number of ether oxygens (including phenoxy) is 1. The summed E-state index contributed by atoms with van der Waals surface area (Å²) in [4.78, 5) is 2.11. The van der Waals surface area contributed by atoms with Gasteiger partial charge in [0.2, 0.25) is 0 Å². The second-order valence-electron chi connectivity index (χ2n) is 4.27. The average Bonchev–Trinajstić information content (AvgIpc) is 2.52. The van der Waals surface area contributed by atoms with Crippen LogP contribution in [0.25, 0.3) is 0 Å². The van der Waals surface area contributed by atoms with Crippen LogP contribution in [0.2, 0.25) is 0 Å². The molecule has 0 saturated carbocycles. The largest absolute Gasteiger partial charge is 0.411 e. The van der Waals surface area contributed by atoms with E-state index in [0.29, 0.717) is 19.0 Å². The van der Waals surface area contributed by atoms with E-state index in [1.54, 1.807) is 0 Å². The Morgan fingerprint density at radius 2 is 2.12 bits per heavy atom. The maximum Gasteiger partial charge on any atom is 0.411 e. The Labute approximate surface area is 93.7 Å². The molecule has 1 aliphatic heterocycles. The molecule has 1 rings (SSSR count). The molecule has 1 saturated heterocycles. The lowest BCUT2D eigenvalue weighted by atomic mass is 10.0. The van der Waals surface area contributed by atoms with Gasteiger partial charge in [-0.1, -0.05) is 6.92 Å². The third kappa shape index (κ3) is 4.27. The van der Waals surface area contributed by atoms with E-state index in [1.807, 2.05) is 0 Å². The summed E-state index contributed by atoms with van der Waals surface area (Å²) in [5.74, 6) is 0.521. The summed E-state index contributed by atoms with van der Waals surface area (Å²) in [7, 11) is 0. The molecule has 2 unspecified atom stereocenters. The van der Waals surface area contributed by atoms with Crippen LogP contribution in [0.1, 0.15) is 13.3 Å². The molecule has 16 heavy (non-hydrogen) atoms. The molecule has 0 aliphatic carbocycles. The summed E-state index contributed by atoms with van der Waals surface area (Å²) >= 11 is 0. The number of nitrogens with two attached hydrogens (primary N) is 1. The molecule has 0 aromatic rings. The predicted molar refractivity (Wildman–Crippen MR) is 55.1 cm³/mol. The van der Waals surface area contributed by atoms with Crippen molar-refractivity contribution < 1.29 is 17.9 Å². The van der Waals surface area contributed by atoms with Crippen LogP contribution in [-0.4, -0.2) is 50.0 Å². The molecule has 96 valence electrons. The van der Waals surface area contributed by atoms with Crippen molar-refractivity contribution in [3.05, 3.63) is 0 Å². The predicted octanol–water partition coefficient (Wildman–Crippen LogP) is 1.23. The fourth-order valence-corrected chi connectivity index (χ4v) is 2.12. The van der Waals surface area contributed by atoms with E-state index in [-0.39, 0.29) is 12.6 Å². The number of rotatable bonds is 5. The van der Waals surface area contributed by atoms with Crippen molar-refractivity contribution in [1.82, 2.24) is 4.90 Å². The molecule has 1 heterocycles. The van der Waals surface area contributed by atoms with Crippen LogP contribution in [-0.2, 0) is 4.74 Å². The molecule has 0 spiro atoms. The Kier molecular flexibility index (Phi) is 5.01. The Balaban J connectivity index is 2.18. The minimum absolute atomic E-state index is 0.114. The number of likely N-dealkylation sites (tertiary alicyclic amines) is 1. The van der Waals surface area contributed by atoms with Gasteiger partial charge >= 0.3 is 6.18 Å². The first-order valence-corrected chi connectivity index (χ1v) is 5.52. The minimum atomic E-state index is -4.23. The normalized spacial score (nSPS) is 27.6. The molecular weight excluding hydrogens is 221 g/mol. The van der Waals surface area contributed by atoms with Gasteiger partial charge in [0.1, 0.15) is 6.61 Å². The Morgan fingerprint density at radius 1 is 1.44 bits per heavy atom. The summed E-state index contributed by atoms with van der Waals surface area (Å²) in [6.07, 6.45) is -3.17. The fourth-order valence-electron chi connectivity index (χ4n) is 2.12. The molecular formula is C10H19F3N2O. The highest BCUT2D eigenvalue weighted by Crippen LogP contribution is 2.22. The van der Waals surface area contributed by atoms with Gasteiger partial charge in [-0.15, -0.1) is 0 Å². The van der Waals surface area contributed by atoms with E-state index >= 15 is 0 Å². The second-order valence-corrected chi connectivity index (χ2v) is 4.27. The van der Waals surface area contributed by atoms with Gasteiger partial charge in [-0.25, -0.2) is 0 Å². The summed E-state index contributed by atoms with van der Waals surface area (Å²) in [6, 6.07) is 0.287. The zero-order chi connectivity index (χ0) is 12.2. The number of alkyl halides is 3. The number of nitrogens with zero attached hydrogens (tertiary/aromatic N) is 1. The van der Waals surface area contributed by atoms with E-state index in [4.69, 9.17) is 5.73 Å². The van der Waals surface area contributed by atoms with Crippen LogP contribution in [0.3, 0.4) is 0 Å². The summed E-state index contributed by atoms with van der Waals surface area (Å²) in [5.41, 5.74) is 5.63. The minimum Gasteiger partial charge on any atom is -0.371 e. The summed E-state index contributed by atoms with van der Waals surface area (Å²) < 4.78 is 40.0. The highest BCUT2D eigenvalue weighted by atomic mass is 19.4. The molecule has 0 amide bonds. The average molecular weight is 240 g/mol. The topological polar surface area (TPSA) is 38.5 Å². The maximum absolute atomic E-state index is 11.8. The van der Waals surface area contributed by atoms with Crippen molar-refractivity contribution in [2.75, 3.05) is 32.8 Å². The molecule has 0 aromatic heterocycles. The van der Waals surface area contributed by atoms with Crippen LogP contribution >= 0.6 is 0 Å². The number of halogens is 3. The number of hydrogen-bond donors (Lipinski definition) is 1. The van der Waals surface area contributed by atoms with Gasteiger partial charge in [-0.05, 0) is 18.9 Å². The molecule has 0 radical (unpaired) electrons. The van der Waals surface area contributed by atoms with Gasteiger partial charge < -0.3 is 10.5 Å². The molecule has 0 aromatic carbocycles. The Morgan fingerprint density at radius 3 is 2.69 bits per heavy atom. The third-order valence-electron chi connectivity index (χ3n) is 3.03. The highest BCUT2D eigenvalue weighted by molar-refractivity contribution is 4.84. The molecule has 6 heteroatoms. The zero-order valence-electron chi connectivity index (χ0n) is 9.46. The first-order chi connectivity index (χ1) is 7.44. The van der Waals surface area contributed by atoms with Crippen molar-refractivity contribution in [3.63, 3.8) is 0 Å². The van der Waals surface area contributed by atoms with Gasteiger partial charge in [0.05, 0.1) is 6.61 Å². The van der Waals surface area contributed by atoms with Crippen molar-refractivity contribution in [3.8, 4) is 0 Å². The smallest absolute Gasteiger partial charge is 0.371 e. The Hall–Kier alpha value is -0.330. The van der Waals surface area contributed by atoms with Crippen LogP contribution in [0.5, 0.6) is 0 Å². The molecule has 3 nitrogen and oxygen atoms in total. The van der Waals surface area contributed by atoms with Gasteiger partial charge in [0.15, 0.2) is 0 Å². The van der Waals surface area contributed by atoms with Crippen LogP contribution < -0.4 is 5.73 Å². The van der Waals surface area contributed by atoms with Gasteiger partial charge in [-0.2, -0.15) is 13.2 Å². The second kappa shape index (κ2) is 5.84. The van der Waals surface area contributed by atoms with E-state index in [1.165, 1.54) is 0 Å². The molecule has 2 N–H and O–H groups in total. The van der Waals surface area contributed by atoms with Gasteiger partial charge in [0, 0.05) is 19.1 Å². The quantitative estimate of drug-likeness (QED) is 0.735. The lowest BCUT2D eigenvalue weighted by Crippen LogP contribution is -2.40. The molecule has 1 aliphatic rings. The zero-order valence-corrected chi connectivity index (χ0v) is 9.46. The van der Waals surface area contributed by atoms with E-state index in [9.17, 15) is 13.2 Å². The van der Waals surface area contributed by atoms with Crippen LogP contribution in [0.15, 0.2) is 0 Å². The highest BCUT2D eigenvalue weighted by Gasteiger charge is 2.30. The summed E-state index contributed by atoms with van der Waals surface area (Å²) in [5, 5.41) is 0. The van der Waals surface area contributed by atoms with Crippen molar-refractivity contribution >= 4 is 0 Å². The summed E-state index contributed by atoms with van der Waals surface area (Å²) in [6.45, 7) is 3.06. The SMILES string of the molecule is CC1CCN(CCOCC(F)(F)F)C1CN. The fraction of sp³-hybridized carbons (Fsp3) is 1.00. The molecule has 0 bridgehead atoms. The van der Waals surface area contributed by atoms with Crippen LogP contribution in [0.4, 0.5) is 13.2 Å². The van der Waals surface area contributed by atoms with E-state index in [0.717, 1.165) is 13.0 Å². The third-order valence-corrected chi connectivity index (χ3v) is 3.03. The van der Waals surface area contributed by atoms with Crippen LogP contribution in [0, 0.1) is 5.92 Å². The van der Waals surface area contributed by atoms with Gasteiger partial charge in [-0.3, -0.25) is 4.90 Å². The lowest BCUT2D eigenvalue weighted by Gasteiger charge is -2.25. The van der Waals surface area contributed by atoms with Crippen molar-refractivity contribution in [2.24, 2.45) is 11.7 Å². The van der Waals surface area contributed by atoms with Crippen molar-refractivity contribution in [2.45, 2.75) is 25.6 Å². The molecule has 2 atom stereocenters. The van der Waals surface area contributed by atoms with Gasteiger partial charge in [0.25, 0.3) is 0 Å². The monoisotopic (exact) mass is 240 g/mol. The number of hydrogen-bond acceptors (Lipinski definition) is 3. The molecule has 1 fully saturated rings. The Bertz CT molecular complexity index is 211. The first-order valence-electron chi connectivity index (χ1n) is 5.52. The van der Waals surface area contributed by atoms with E-state index in [2.05, 4.69) is 16.6 Å². The standard InChI is InChI=1S/C10H19F3N2O/c1-8-2-3-15(9(8)6-14)4-5-16-7-10(11,12)13/h8-9H,2-7,14H2,1H3. The lowest BCUT2D eigenvalue weighted by molar-refractivity contribution is -0.174. The first kappa shape index (κ1) is 13.7. The van der Waals surface area contributed by atoms with E-state index < -0.39 is 12.8 Å².